The summed E-state index contributed by atoms with van der Waals surface area (Å²) in [5.74, 6) is -2.99. The highest BCUT2D eigenvalue weighted by Gasteiger charge is 2.22. The third kappa shape index (κ3) is 6.33. The van der Waals surface area contributed by atoms with Gasteiger partial charge in [-0.1, -0.05) is 12.1 Å². The molecule has 3 aromatic rings. The molecule has 0 amide bonds. The van der Waals surface area contributed by atoms with Crippen LogP contribution in [0.4, 0.5) is 4.39 Å². The Morgan fingerprint density at radius 2 is 1.69 bits per heavy atom. The highest BCUT2D eigenvalue weighted by molar-refractivity contribution is 7.90. The zero-order chi connectivity index (χ0) is 23.7. The topological polar surface area (TPSA) is 139 Å². The fourth-order valence-corrected chi connectivity index (χ4v) is 4.01. The van der Waals surface area contributed by atoms with Gasteiger partial charge in [0.15, 0.2) is 0 Å². The molecular weight excluding hydrogens is 441 g/mol. The minimum atomic E-state index is -3.85. The number of aromatic nitrogens is 2. The van der Waals surface area contributed by atoms with Crippen molar-refractivity contribution in [2.45, 2.75) is 11.4 Å². The maximum atomic E-state index is 14.2. The number of benzene rings is 1. The summed E-state index contributed by atoms with van der Waals surface area (Å²) in [7, 11) is -2.09. The molecule has 168 valence electrons. The van der Waals surface area contributed by atoms with E-state index in [1.165, 1.54) is 36.8 Å². The number of carbonyl (C=O) groups is 2. The predicted octanol–water partition coefficient (Wildman–Crippen LogP) is 2.36. The van der Waals surface area contributed by atoms with Crippen LogP contribution in [0.15, 0.2) is 78.1 Å². The highest BCUT2D eigenvalue weighted by Crippen LogP contribution is 2.28. The summed E-state index contributed by atoms with van der Waals surface area (Å²) >= 11 is 0. The zero-order valence-electron chi connectivity index (χ0n) is 16.8. The van der Waals surface area contributed by atoms with Crippen molar-refractivity contribution >= 4 is 22.0 Å². The number of pyridine rings is 1. The van der Waals surface area contributed by atoms with Gasteiger partial charge in [0, 0.05) is 42.9 Å². The monoisotopic (exact) mass is 461 g/mol. The summed E-state index contributed by atoms with van der Waals surface area (Å²) in [5, 5.41) is 18.6. The van der Waals surface area contributed by atoms with Crippen molar-refractivity contribution in [2.24, 2.45) is 0 Å². The molecule has 2 aromatic heterocycles. The number of aliphatic carboxylic acids is 2. The van der Waals surface area contributed by atoms with E-state index in [0.29, 0.717) is 18.7 Å². The summed E-state index contributed by atoms with van der Waals surface area (Å²) in [6.45, 7) is 0.473. The molecule has 0 atom stereocenters. The molecule has 0 saturated carbocycles. The standard InChI is InChI=1S/C17H16FN3O2S.C4H4O4/c1-19-11-13-10-17(15-4-2-3-5-16(15)18)21(12-13)24(22,23)14-6-8-20-9-7-14;5-3(6)1-2-4(7)8/h2-10,12,19H,11H2,1H3;1-2H,(H,5,6)(H,7,8)/b;2-1+. The van der Waals surface area contributed by atoms with E-state index in [-0.39, 0.29) is 16.2 Å². The SMILES string of the molecule is CNCc1cc(-c2ccccc2F)n(S(=O)(=O)c2ccncc2)c1.O=C(O)/C=C/C(=O)O. The summed E-state index contributed by atoms with van der Waals surface area (Å²) in [6.07, 6.45) is 5.44. The normalized spacial score (nSPS) is 11.1. The van der Waals surface area contributed by atoms with Crippen LogP contribution < -0.4 is 5.32 Å². The first-order chi connectivity index (χ1) is 15.2. The second-order valence-corrected chi connectivity index (χ2v) is 8.05. The van der Waals surface area contributed by atoms with E-state index >= 15 is 0 Å². The fourth-order valence-electron chi connectivity index (χ4n) is 2.63. The Hall–Kier alpha value is -3.83. The zero-order valence-corrected chi connectivity index (χ0v) is 17.7. The van der Waals surface area contributed by atoms with Crippen LogP contribution >= 0.6 is 0 Å². The van der Waals surface area contributed by atoms with Gasteiger partial charge < -0.3 is 15.5 Å². The number of carboxylic acid groups (broad SMARTS) is 2. The molecule has 0 unspecified atom stereocenters. The van der Waals surface area contributed by atoms with Crippen LogP contribution in [0.25, 0.3) is 11.3 Å². The van der Waals surface area contributed by atoms with Crippen molar-refractivity contribution in [1.29, 1.82) is 0 Å². The van der Waals surface area contributed by atoms with E-state index in [2.05, 4.69) is 10.3 Å². The van der Waals surface area contributed by atoms with Gasteiger partial charge in [-0.25, -0.2) is 26.4 Å². The van der Waals surface area contributed by atoms with E-state index in [0.717, 1.165) is 9.54 Å². The Balaban J connectivity index is 0.000000390. The molecule has 1 aromatic carbocycles. The molecule has 3 N–H and O–H groups in total. The average Bonchev–Trinajstić information content (AvgIpc) is 3.18. The van der Waals surface area contributed by atoms with Crippen LogP contribution in [0.3, 0.4) is 0 Å². The lowest BCUT2D eigenvalue weighted by atomic mass is 10.1. The molecule has 0 saturated heterocycles. The van der Waals surface area contributed by atoms with Gasteiger partial charge in [0.25, 0.3) is 10.0 Å². The second kappa shape index (κ2) is 11.0. The van der Waals surface area contributed by atoms with Crippen LogP contribution in [0.2, 0.25) is 0 Å². The Morgan fingerprint density at radius 1 is 1.09 bits per heavy atom. The summed E-state index contributed by atoms with van der Waals surface area (Å²) in [6, 6.07) is 10.6. The molecule has 2 heterocycles. The maximum Gasteiger partial charge on any atom is 0.328 e. The van der Waals surface area contributed by atoms with Crippen LogP contribution in [0, 0.1) is 5.82 Å². The Kier molecular flexibility index (Phi) is 8.38. The molecule has 9 nitrogen and oxygen atoms in total. The lowest BCUT2D eigenvalue weighted by Crippen LogP contribution is -2.13. The van der Waals surface area contributed by atoms with Crippen molar-refractivity contribution < 1.29 is 32.6 Å². The number of halogens is 1. The third-order valence-corrected chi connectivity index (χ3v) is 5.64. The van der Waals surface area contributed by atoms with Gasteiger partial charge in [-0.15, -0.1) is 0 Å². The van der Waals surface area contributed by atoms with Crippen LogP contribution in [0.1, 0.15) is 5.56 Å². The van der Waals surface area contributed by atoms with Crippen LogP contribution in [-0.2, 0) is 26.2 Å². The predicted molar refractivity (Wildman–Crippen MR) is 114 cm³/mol. The van der Waals surface area contributed by atoms with E-state index in [4.69, 9.17) is 10.2 Å². The molecule has 0 radical (unpaired) electrons. The quantitative estimate of drug-likeness (QED) is 0.456. The minimum absolute atomic E-state index is 0.0988. The van der Waals surface area contributed by atoms with E-state index < -0.39 is 27.8 Å². The molecule has 0 aliphatic rings. The molecule has 0 bridgehead atoms. The van der Waals surface area contributed by atoms with Crippen molar-refractivity contribution in [3.63, 3.8) is 0 Å². The van der Waals surface area contributed by atoms with E-state index in [1.807, 2.05) is 0 Å². The fraction of sp³-hybridized carbons (Fsp3) is 0.0952. The van der Waals surface area contributed by atoms with Crippen molar-refractivity contribution in [2.75, 3.05) is 7.05 Å². The number of carboxylic acids is 2. The van der Waals surface area contributed by atoms with Crippen LogP contribution in [0.5, 0.6) is 0 Å². The molecule has 32 heavy (non-hydrogen) atoms. The Morgan fingerprint density at radius 3 is 2.22 bits per heavy atom. The lowest BCUT2D eigenvalue weighted by molar-refractivity contribution is -0.134. The van der Waals surface area contributed by atoms with Gasteiger partial charge in [0.05, 0.1) is 10.6 Å². The van der Waals surface area contributed by atoms with Gasteiger partial charge in [0.2, 0.25) is 0 Å². The van der Waals surface area contributed by atoms with Crippen molar-refractivity contribution in [3.05, 3.63) is 84.6 Å². The number of nitrogens with one attached hydrogen (secondary N) is 1. The molecule has 3 rings (SSSR count). The molecule has 0 fully saturated rings. The van der Waals surface area contributed by atoms with Crippen LogP contribution in [-0.4, -0.2) is 46.6 Å². The Labute approximate surface area is 183 Å². The number of hydrogen-bond acceptors (Lipinski definition) is 6. The van der Waals surface area contributed by atoms with Gasteiger partial charge in [-0.05, 0) is 42.9 Å². The largest absolute Gasteiger partial charge is 0.478 e. The smallest absolute Gasteiger partial charge is 0.328 e. The minimum Gasteiger partial charge on any atom is -0.478 e. The highest BCUT2D eigenvalue weighted by atomic mass is 32.2. The second-order valence-electron chi connectivity index (χ2n) is 6.24. The lowest BCUT2D eigenvalue weighted by Gasteiger charge is -2.11. The number of nitrogens with zero attached hydrogens (tertiary/aromatic N) is 2. The van der Waals surface area contributed by atoms with Crippen molar-refractivity contribution in [3.8, 4) is 11.3 Å². The molecular formula is C21H20FN3O6S. The third-order valence-electron chi connectivity index (χ3n) is 3.95. The number of rotatable bonds is 7. The van der Waals surface area contributed by atoms with E-state index in [9.17, 15) is 22.4 Å². The maximum absolute atomic E-state index is 14.2. The molecule has 0 aliphatic heterocycles. The summed E-state index contributed by atoms with van der Waals surface area (Å²) in [5.41, 5.74) is 1.26. The van der Waals surface area contributed by atoms with Crippen molar-refractivity contribution in [1.82, 2.24) is 14.3 Å². The van der Waals surface area contributed by atoms with Gasteiger partial charge in [0.1, 0.15) is 5.82 Å². The van der Waals surface area contributed by atoms with Gasteiger partial charge >= 0.3 is 11.9 Å². The van der Waals surface area contributed by atoms with Gasteiger partial charge in [-0.2, -0.15) is 0 Å². The first kappa shape index (κ1) is 24.4. The summed E-state index contributed by atoms with van der Waals surface area (Å²) < 4.78 is 41.2. The number of hydrogen-bond donors (Lipinski definition) is 3. The first-order valence-electron chi connectivity index (χ1n) is 9.07. The summed E-state index contributed by atoms with van der Waals surface area (Å²) in [4.78, 5) is 23.0. The molecule has 0 spiro atoms. The van der Waals surface area contributed by atoms with E-state index in [1.54, 1.807) is 31.3 Å². The first-order valence-corrected chi connectivity index (χ1v) is 10.5. The molecule has 0 aliphatic carbocycles. The van der Waals surface area contributed by atoms with Gasteiger partial charge in [-0.3, -0.25) is 4.98 Å². The average molecular weight is 461 g/mol. The molecule has 11 heteroatoms. The Bertz CT molecular complexity index is 1210.